The van der Waals surface area contributed by atoms with Crippen LogP contribution in [0.5, 0.6) is 0 Å². The Morgan fingerprint density at radius 3 is 0.654 bits per heavy atom. The Kier molecular flexibility index (Phi) is 18.5. The Hall–Kier alpha value is -4.52. The maximum Gasteiger partial charge on any atom is 0.337 e. The van der Waals surface area contributed by atoms with Gasteiger partial charge in [-0.3, -0.25) is 0 Å². The molecule has 4 atom stereocenters. The quantitative estimate of drug-likeness (QED) is 0.0905. The number of carbonyl (C=O) groups is 4. The standard InChI is InChI=1S/4C8H6ClFO3/c4*9-4-1-2-5(6(10)3-4)7(11)8(12)13/h4*1-3,7,11H,(H,12,13)/t4*7-/m1100/s1. The van der Waals surface area contributed by atoms with Crippen molar-refractivity contribution in [3.05, 3.63) is 138 Å². The predicted octanol–water partition coefficient (Wildman–Crippen LogP) is 6.39. The molecule has 8 N–H and O–H groups in total. The normalized spacial score (nSPS) is 12.5. The zero-order valence-corrected chi connectivity index (χ0v) is 28.5. The molecule has 20 heteroatoms. The fourth-order valence-electron chi connectivity index (χ4n) is 3.43. The molecule has 0 aliphatic heterocycles. The van der Waals surface area contributed by atoms with Gasteiger partial charge < -0.3 is 40.9 Å². The first-order chi connectivity index (χ1) is 24.1. The number of carboxylic acids is 4. The fraction of sp³-hybridized carbons (Fsp3) is 0.125. The van der Waals surface area contributed by atoms with E-state index < -0.39 is 71.6 Å². The third-order valence-corrected chi connectivity index (χ3v) is 6.90. The van der Waals surface area contributed by atoms with Crippen LogP contribution in [0.1, 0.15) is 46.7 Å². The van der Waals surface area contributed by atoms with Crippen molar-refractivity contribution in [1.29, 1.82) is 0 Å². The van der Waals surface area contributed by atoms with E-state index in [9.17, 15) is 36.7 Å². The maximum atomic E-state index is 13.0. The second-order valence-corrected chi connectivity index (χ2v) is 11.4. The van der Waals surface area contributed by atoms with Crippen molar-refractivity contribution in [3.8, 4) is 0 Å². The smallest absolute Gasteiger partial charge is 0.337 e. The molecule has 0 bridgehead atoms. The van der Waals surface area contributed by atoms with Gasteiger partial charge in [0.2, 0.25) is 0 Å². The van der Waals surface area contributed by atoms with Crippen molar-refractivity contribution in [2.75, 3.05) is 0 Å². The second kappa shape index (κ2) is 21.1. The van der Waals surface area contributed by atoms with Crippen molar-refractivity contribution >= 4 is 70.3 Å². The maximum absolute atomic E-state index is 13.0. The van der Waals surface area contributed by atoms with Crippen molar-refractivity contribution in [2.24, 2.45) is 0 Å². The molecule has 52 heavy (non-hydrogen) atoms. The fourth-order valence-corrected chi connectivity index (χ4v) is 4.06. The molecule has 0 aromatic heterocycles. The molecule has 4 rings (SSSR count). The summed E-state index contributed by atoms with van der Waals surface area (Å²) in [6.07, 6.45) is -7.40. The molecule has 0 unspecified atom stereocenters. The van der Waals surface area contributed by atoms with Crippen LogP contribution in [0.25, 0.3) is 0 Å². The summed E-state index contributed by atoms with van der Waals surface area (Å²) in [5.74, 6) is -9.32. The first-order valence-electron chi connectivity index (χ1n) is 13.5. The topological polar surface area (TPSA) is 230 Å². The average molecular weight is 818 g/mol. The van der Waals surface area contributed by atoms with Gasteiger partial charge in [0.1, 0.15) is 23.3 Å². The lowest BCUT2D eigenvalue weighted by molar-refractivity contribution is -0.147. The summed E-state index contributed by atoms with van der Waals surface area (Å²) in [6.45, 7) is 0. The summed E-state index contributed by atoms with van der Waals surface area (Å²) in [4.78, 5) is 41.1. The molecule has 12 nitrogen and oxygen atoms in total. The van der Waals surface area contributed by atoms with Crippen LogP contribution in [0.3, 0.4) is 0 Å². The summed E-state index contributed by atoms with van der Waals surface area (Å²) in [6, 6.07) is 13.6. The molecule has 0 amide bonds. The van der Waals surface area contributed by atoms with E-state index in [0.29, 0.717) is 0 Å². The van der Waals surface area contributed by atoms with Gasteiger partial charge in [0.05, 0.1) is 0 Å². The minimum Gasteiger partial charge on any atom is -0.479 e. The van der Waals surface area contributed by atoms with Crippen molar-refractivity contribution in [1.82, 2.24) is 0 Å². The van der Waals surface area contributed by atoms with Crippen LogP contribution < -0.4 is 0 Å². The van der Waals surface area contributed by atoms with Crippen LogP contribution in [0.4, 0.5) is 17.6 Å². The lowest BCUT2D eigenvalue weighted by atomic mass is 10.1. The molecule has 4 aromatic rings. The molecule has 0 fully saturated rings. The molecular weight excluding hydrogens is 794 g/mol. The Balaban J connectivity index is 0.000000347. The molecular formula is C32H24Cl4F4O12. The van der Waals surface area contributed by atoms with E-state index in [2.05, 4.69) is 0 Å². The first kappa shape index (κ1) is 45.5. The number of hydrogen-bond acceptors (Lipinski definition) is 8. The highest BCUT2D eigenvalue weighted by molar-refractivity contribution is 6.31. The number of halogens is 8. The zero-order chi connectivity index (χ0) is 40.0. The van der Waals surface area contributed by atoms with E-state index in [1.165, 1.54) is 24.3 Å². The van der Waals surface area contributed by atoms with Gasteiger partial charge in [0, 0.05) is 42.3 Å². The van der Waals surface area contributed by atoms with E-state index in [-0.39, 0.29) is 42.3 Å². The summed E-state index contributed by atoms with van der Waals surface area (Å²) in [5, 5.41) is 70.1. The van der Waals surface area contributed by atoms with Crippen molar-refractivity contribution in [3.63, 3.8) is 0 Å². The molecule has 0 spiro atoms. The van der Waals surface area contributed by atoms with Gasteiger partial charge in [0.15, 0.2) is 24.4 Å². The number of hydrogen-bond donors (Lipinski definition) is 8. The van der Waals surface area contributed by atoms with E-state index in [4.69, 9.17) is 87.3 Å². The first-order valence-corrected chi connectivity index (χ1v) is 15.0. The van der Waals surface area contributed by atoms with E-state index in [0.717, 1.165) is 48.5 Å². The van der Waals surface area contributed by atoms with Crippen molar-refractivity contribution < 1.29 is 77.6 Å². The van der Waals surface area contributed by atoms with E-state index in [1.54, 1.807) is 0 Å². The lowest BCUT2D eigenvalue weighted by Gasteiger charge is -2.06. The largest absolute Gasteiger partial charge is 0.479 e. The summed E-state index contributed by atoms with van der Waals surface area (Å²) in [5.41, 5.74) is -1.18. The molecule has 280 valence electrons. The van der Waals surface area contributed by atoms with E-state index in [1.807, 2.05) is 0 Å². The Labute approximate surface area is 309 Å². The predicted molar refractivity (Wildman–Crippen MR) is 176 cm³/mol. The molecule has 0 saturated carbocycles. The van der Waals surface area contributed by atoms with E-state index >= 15 is 0 Å². The Morgan fingerprint density at radius 2 is 0.538 bits per heavy atom. The van der Waals surface area contributed by atoms with Crippen LogP contribution in [0.2, 0.25) is 20.1 Å². The highest BCUT2D eigenvalue weighted by Crippen LogP contribution is 2.23. The highest BCUT2D eigenvalue weighted by atomic mass is 35.5. The van der Waals surface area contributed by atoms with Gasteiger partial charge in [-0.15, -0.1) is 0 Å². The third kappa shape index (κ3) is 14.2. The molecule has 0 radical (unpaired) electrons. The van der Waals surface area contributed by atoms with Gasteiger partial charge in [-0.25, -0.2) is 36.7 Å². The summed E-state index contributed by atoms with van der Waals surface area (Å²) < 4.78 is 51.8. The number of benzene rings is 4. The average Bonchev–Trinajstić information content (AvgIpc) is 3.04. The third-order valence-electron chi connectivity index (χ3n) is 5.96. The SMILES string of the molecule is O=C(O)[C@@H](O)c1ccc(Cl)cc1F.O=C(O)[C@@H](O)c1ccc(Cl)cc1F.O=C(O)[C@H](O)c1ccc(Cl)cc1F.O=C(O)[C@H](O)c1ccc(Cl)cc1F. The second-order valence-electron chi connectivity index (χ2n) is 9.63. The van der Waals surface area contributed by atoms with Crippen LogP contribution >= 0.6 is 46.4 Å². The molecule has 0 aliphatic rings. The van der Waals surface area contributed by atoms with Crippen LogP contribution in [-0.2, 0) is 19.2 Å². The number of aliphatic carboxylic acids is 4. The monoisotopic (exact) mass is 816 g/mol. The Morgan fingerprint density at radius 1 is 0.385 bits per heavy atom. The number of rotatable bonds is 8. The molecule has 0 aliphatic carbocycles. The van der Waals surface area contributed by atoms with Gasteiger partial charge in [-0.2, -0.15) is 0 Å². The highest BCUT2D eigenvalue weighted by Gasteiger charge is 2.22. The number of carboxylic acid groups (broad SMARTS) is 4. The zero-order valence-electron chi connectivity index (χ0n) is 25.5. The minimum absolute atomic E-state index is 0.152. The molecule has 0 saturated heterocycles. The minimum atomic E-state index is -1.85. The van der Waals surface area contributed by atoms with Gasteiger partial charge in [0.25, 0.3) is 0 Å². The van der Waals surface area contributed by atoms with Crippen molar-refractivity contribution in [2.45, 2.75) is 24.4 Å². The molecule has 0 heterocycles. The molecule has 4 aromatic carbocycles. The van der Waals surface area contributed by atoms with Gasteiger partial charge >= 0.3 is 23.9 Å². The number of aliphatic hydroxyl groups excluding tert-OH is 4. The Bertz CT molecular complexity index is 1630. The summed E-state index contributed by atoms with van der Waals surface area (Å²) >= 11 is 21.7. The van der Waals surface area contributed by atoms with Crippen LogP contribution in [0, 0.1) is 23.3 Å². The van der Waals surface area contributed by atoms with Crippen LogP contribution in [0.15, 0.2) is 72.8 Å². The van der Waals surface area contributed by atoms with Gasteiger partial charge in [-0.05, 0) is 48.5 Å². The summed E-state index contributed by atoms with van der Waals surface area (Å²) in [7, 11) is 0. The number of aliphatic hydroxyl groups is 4. The van der Waals surface area contributed by atoms with Gasteiger partial charge in [-0.1, -0.05) is 70.7 Å². The lowest BCUT2D eigenvalue weighted by Crippen LogP contribution is -2.11. The van der Waals surface area contributed by atoms with Crippen LogP contribution in [-0.4, -0.2) is 64.7 Å².